The van der Waals surface area contributed by atoms with Gasteiger partial charge in [0.25, 0.3) is 0 Å². The molecule has 7 nitrogen and oxygen atoms in total. The van der Waals surface area contributed by atoms with Gasteiger partial charge in [0.2, 0.25) is 0 Å². The van der Waals surface area contributed by atoms with Gasteiger partial charge < -0.3 is 15.3 Å². The fourth-order valence-corrected chi connectivity index (χ4v) is 1.49. The molecule has 1 aromatic rings. The molecular formula is C9H12N4O3. The van der Waals surface area contributed by atoms with E-state index in [0.29, 0.717) is 5.69 Å². The van der Waals surface area contributed by atoms with E-state index in [1.54, 1.807) is 17.9 Å². The summed E-state index contributed by atoms with van der Waals surface area (Å²) in [7, 11) is 1.75. The maximum atomic E-state index is 11.6. The van der Waals surface area contributed by atoms with E-state index in [1.165, 1.54) is 11.1 Å². The summed E-state index contributed by atoms with van der Waals surface area (Å²) in [5, 5.41) is 15.2. The van der Waals surface area contributed by atoms with Crippen LogP contribution in [0.2, 0.25) is 0 Å². The standard InChI is InChI=1S/C9H12N4O3/c1-12-5-7(2-10-12)11-9(16)13-3-6(4-13)8(14)15/h2,5-6H,3-4H2,1H3,(H,11,16)(H,14,15). The Morgan fingerprint density at radius 2 is 2.25 bits per heavy atom. The van der Waals surface area contributed by atoms with Crippen LogP contribution in [0, 0.1) is 5.92 Å². The summed E-state index contributed by atoms with van der Waals surface area (Å²) in [6.45, 7) is 0.531. The number of carboxylic acid groups (broad SMARTS) is 1. The van der Waals surface area contributed by atoms with Crippen molar-refractivity contribution in [3.63, 3.8) is 0 Å². The Kier molecular flexibility index (Phi) is 2.51. The van der Waals surface area contributed by atoms with Crippen molar-refractivity contribution in [1.82, 2.24) is 14.7 Å². The fourth-order valence-electron chi connectivity index (χ4n) is 1.49. The third-order valence-corrected chi connectivity index (χ3v) is 2.47. The lowest BCUT2D eigenvalue weighted by molar-refractivity contribution is -0.145. The monoisotopic (exact) mass is 224 g/mol. The number of carbonyl (C=O) groups is 2. The number of hydrogen-bond acceptors (Lipinski definition) is 3. The first-order valence-electron chi connectivity index (χ1n) is 4.83. The molecule has 2 amide bonds. The number of urea groups is 1. The van der Waals surface area contributed by atoms with Gasteiger partial charge in [0.05, 0.1) is 17.8 Å². The molecule has 1 saturated heterocycles. The minimum absolute atomic E-state index is 0.265. The van der Waals surface area contributed by atoms with Crippen LogP contribution in [-0.4, -0.2) is 44.9 Å². The molecule has 0 bridgehead atoms. The van der Waals surface area contributed by atoms with Gasteiger partial charge in [-0.2, -0.15) is 5.10 Å². The van der Waals surface area contributed by atoms with Crippen LogP contribution in [0.25, 0.3) is 0 Å². The fraction of sp³-hybridized carbons (Fsp3) is 0.444. The molecule has 86 valence electrons. The molecule has 1 aliphatic rings. The maximum Gasteiger partial charge on any atom is 0.321 e. The molecule has 16 heavy (non-hydrogen) atoms. The first kappa shape index (κ1) is 10.5. The predicted octanol–water partition coefficient (Wildman–Crippen LogP) is -0.0316. The minimum atomic E-state index is -0.856. The molecular weight excluding hydrogens is 212 g/mol. The lowest BCUT2D eigenvalue weighted by Gasteiger charge is -2.36. The second-order valence-corrected chi connectivity index (χ2v) is 3.77. The zero-order chi connectivity index (χ0) is 11.7. The van der Waals surface area contributed by atoms with Gasteiger partial charge in [-0.25, -0.2) is 4.79 Å². The highest BCUT2D eigenvalue weighted by molar-refractivity contribution is 5.90. The number of nitrogens with one attached hydrogen (secondary N) is 1. The third-order valence-electron chi connectivity index (χ3n) is 2.47. The number of rotatable bonds is 2. The highest BCUT2D eigenvalue weighted by Gasteiger charge is 2.35. The van der Waals surface area contributed by atoms with Crippen LogP contribution in [-0.2, 0) is 11.8 Å². The molecule has 2 rings (SSSR count). The number of carboxylic acids is 1. The highest BCUT2D eigenvalue weighted by Crippen LogP contribution is 2.17. The van der Waals surface area contributed by atoms with Crippen LogP contribution in [0.15, 0.2) is 12.4 Å². The van der Waals surface area contributed by atoms with Crippen LogP contribution in [0.3, 0.4) is 0 Å². The molecule has 0 unspecified atom stereocenters. The summed E-state index contributed by atoms with van der Waals surface area (Å²) in [4.78, 5) is 23.5. The van der Waals surface area contributed by atoms with Crippen molar-refractivity contribution >= 4 is 17.7 Å². The molecule has 1 fully saturated rings. The van der Waals surface area contributed by atoms with E-state index in [2.05, 4.69) is 10.4 Å². The van der Waals surface area contributed by atoms with E-state index in [4.69, 9.17) is 5.11 Å². The molecule has 1 aliphatic heterocycles. The number of aryl methyl sites for hydroxylation is 1. The Hall–Kier alpha value is -2.05. The van der Waals surface area contributed by atoms with E-state index in [-0.39, 0.29) is 19.1 Å². The number of likely N-dealkylation sites (tertiary alicyclic amines) is 1. The number of hydrogen-bond donors (Lipinski definition) is 2. The smallest absolute Gasteiger partial charge is 0.321 e. The molecule has 0 atom stereocenters. The Morgan fingerprint density at radius 1 is 1.56 bits per heavy atom. The SMILES string of the molecule is Cn1cc(NC(=O)N2CC(C(=O)O)C2)cn1. The van der Waals surface area contributed by atoms with Crippen molar-refractivity contribution in [3.8, 4) is 0 Å². The van der Waals surface area contributed by atoms with Gasteiger partial charge in [-0.3, -0.25) is 9.48 Å². The largest absolute Gasteiger partial charge is 0.481 e. The van der Waals surface area contributed by atoms with Crippen LogP contribution in [0.5, 0.6) is 0 Å². The van der Waals surface area contributed by atoms with Crippen LogP contribution in [0.1, 0.15) is 0 Å². The minimum Gasteiger partial charge on any atom is -0.481 e. The topological polar surface area (TPSA) is 87.5 Å². The molecule has 7 heteroatoms. The van der Waals surface area contributed by atoms with Crippen molar-refractivity contribution in [3.05, 3.63) is 12.4 Å². The second-order valence-electron chi connectivity index (χ2n) is 3.77. The Morgan fingerprint density at radius 3 is 2.75 bits per heavy atom. The van der Waals surface area contributed by atoms with Crippen molar-refractivity contribution in [2.24, 2.45) is 13.0 Å². The highest BCUT2D eigenvalue weighted by atomic mass is 16.4. The quantitative estimate of drug-likeness (QED) is 0.738. The zero-order valence-electron chi connectivity index (χ0n) is 8.75. The molecule has 0 aliphatic carbocycles. The van der Waals surface area contributed by atoms with Crippen molar-refractivity contribution in [2.75, 3.05) is 18.4 Å². The summed E-state index contributed by atoms with van der Waals surface area (Å²) in [6, 6.07) is -0.287. The van der Waals surface area contributed by atoms with E-state index >= 15 is 0 Å². The summed E-state index contributed by atoms with van der Waals surface area (Å²) in [5.74, 6) is -1.29. The Balaban J connectivity index is 1.84. The number of aliphatic carboxylic acids is 1. The summed E-state index contributed by atoms with van der Waals surface area (Å²) >= 11 is 0. The van der Waals surface area contributed by atoms with Crippen LogP contribution in [0.4, 0.5) is 10.5 Å². The molecule has 0 radical (unpaired) electrons. The van der Waals surface area contributed by atoms with E-state index in [9.17, 15) is 9.59 Å². The van der Waals surface area contributed by atoms with Crippen LogP contribution >= 0.6 is 0 Å². The van der Waals surface area contributed by atoms with Gasteiger partial charge in [-0.05, 0) is 0 Å². The molecule has 2 heterocycles. The average molecular weight is 224 g/mol. The summed E-state index contributed by atoms with van der Waals surface area (Å²) < 4.78 is 1.58. The lowest BCUT2D eigenvalue weighted by Crippen LogP contribution is -2.54. The van der Waals surface area contributed by atoms with Gasteiger partial charge in [0.15, 0.2) is 0 Å². The molecule has 2 N–H and O–H groups in total. The zero-order valence-corrected chi connectivity index (χ0v) is 8.75. The second kappa shape index (κ2) is 3.84. The molecule has 0 aromatic carbocycles. The Labute approximate surface area is 91.6 Å². The van der Waals surface area contributed by atoms with Crippen molar-refractivity contribution < 1.29 is 14.7 Å². The molecule has 1 aromatic heterocycles. The average Bonchev–Trinajstić information content (AvgIpc) is 2.47. The first-order valence-corrected chi connectivity index (χ1v) is 4.83. The Bertz CT molecular complexity index is 422. The number of anilines is 1. The first-order chi connectivity index (χ1) is 7.56. The summed E-state index contributed by atoms with van der Waals surface area (Å²) in [6.07, 6.45) is 3.21. The van der Waals surface area contributed by atoms with Crippen LogP contribution < -0.4 is 5.32 Å². The molecule has 0 saturated carbocycles. The maximum absolute atomic E-state index is 11.6. The normalized spacial score (nSPS) is 15.7. The van der Waals surface area contributed by atoms with Crippen molar-refractivity contribution in [2.45, 2.75) is 0 Å². The van der Waals surface area contributed by atoms with Gasteiger partial charge >= 0.3 is 12.0 Å². The number of amides is 2. The van der Waals surface area contributed by atoms with Gasteiger partial charge in [-0.15, -0.1) is 0 Å². The van der Waals surface area contributed by atoms with Crippen molar-refractivity contribution in [1.29, 1.82) is 0 Å². The van der Waals surface area contributed by atoms with Gasteiger partial charge in [0, 0.05) is 26.3 Å². The van der Waals surface area contributed by atoms with E-state index in [1.807, 2.05) is 0 Å². The predicted molar refractivity (Wildman–Crippen MR) is 54.9 cm³/mol. The number of nitrogens with zero attached hydrogens (tertiary/aromatic N) is 3. The third kappa shape index (κ3) is 1.97. The van der Waals surface area contributed by atoms with Gasteiger partial charge in [-0.1, -0.05) is 0 Å². The van der Waals surface area contributed by atoms with E-state index < -0.39 is 11.9 Å². The number of aromatic nitrogens is 2. The summed E-state index contributed by atoms with van der Waals surface area (Å²) in [5.41, 5.74) is 0.603. The van der Waals surface area contributed by atoms with E-state index in [0.717, 1.165) is 0 Å². The number of carbonyl (C=O) groups excluding carboxylic acids is 1. The van der Waals surface area contributed by atoms with Gasteiger partial charge in [0.1, 0.15) is 0 Å². The molecule has 0 spiro atoms. The lowest BCUT2D eigenvalue weighted by atomic mass is 10.0.